The first kappa shape index (κ1) is 23.6. The van der Waals surface area contributed by atoms with Gasteiger partial charge in [0.05, 0.1) is 4.90 Å². The number of carbonyl (C=O) groups is 2. The van der Waals surface area contributed by atoms with Crippen molar-refractivity contribution in [3.63, 3.8) is 0 Å². The molecule has 0 spiro atoms. The average Bonchev–Trinajstić information content (AvgIpc) is 2.70. The van der Waals surface area contributed by atoms with E-state index in [0.29, 0.717) is 18.4 Å². The normalized spacial score (nSPS) is 12.8. The highest BCUT2D eigenvalue weighted by atomic mass is 32.2. The Balaban J connectivity index is 2.21. The molecule has 1 atom stereocenters. The summed E-state index contributed by atoms with van der Waals surface area (Å²) in [7, 11) is -2.46. The smallest absolute Gasteiger partial charge is 0.251 e. The van der Waals surface area contributed by atoms with Crippen LogP contribution >= 0.6 is 0 Å². The Kier molecular flexibility index (Phi) is 7.75. The molecule has 0 bridgehead atoms. The number of benzene rings is 2. The van der Waals surface area contributed by atoms with Gasteiger partial charge < -0.3 is 10.6 Å². The first-order valence-corrected chi connectivity index (χ1v) is 11.2. The maximum absolute atomic E-state index is 12.9. The highest BCUT2D eigenvalue weighted by Crippen LogP contribution is 2.14. The van der Waals surface area contributed by atoms with E-state index in [9.17, 15) is 18.0 Å². The number of aryl methyl sites for hydroxylation is 1. The number of hydrogen-bond acceptors (Lipinski definition) is 4. The molecule has 3 N–H and O–H groups in total. The Labute approximate surface area is 178 Å². The Bertz CT molecular complexity index is 966. The zero-order valence-electron chi connectivity index (χ0n) is 17.7. The second-order valence-electron chi connectivity index (χ2n) is 8.04. The standard InChI is InChI=1S/C22H29N3O4S/c1-22(2,3)24-21(27)19(15-10-16-8-6-5-7-9-16)25-30(28,29)18-13-11-17(12-14-18)20(26)23-4/h5-9,11-14,19,25H,10,15H2,1-4H3,(H,23,26)(H,24,27). The molecule has 0 heterocycles. The van der Waals surface area contributed by atoms with Crippen molar-refractivity contribution >= 4 is 21.8 Å². The molecule has 0 fully saturated rings. The average molecular weight is 432 g/mol. The topological polar surface area (TPSA) is 104 Å². The summed E-state index contributed by atoms with van der Waals surface area (Å²) in [5.74, 6) is -0.693. The summed E-state index contributed by atoms with van der Waals surface area (Å²) in [6.07, 6.45) is 0.850. The van der Waals surface area contributed by atoms with Crippen LogP contribution in [0, 0.1) is 0 Å². The minimum Gasteiger partial charge on any atom is -0.355 e. The molecule has 0 aliphatic carbocycles. The predicted molar refractivity (Wildman–Crippen MR) is 117 cm³/mol. The minimum atomic E-state index is -3.96. The van der Waals surface area contributed by atoms with E-state index in [1.54, 1.807) is 0 Å². The molecular weight excluding hydrogens is 402 g/mol. The summed E-state index contributed by atoms with van der Waals surface area (Å²) in [4.78, 5) is 24.4. The van der Waals surface area contributed by atoms with Crippen molar-refractivity contribution in [2.45, 2.75) is 50.1 Å². The van der Waals surface area contributed by atoms with Gasteiger partial charge in [0.25, 0.3) is 5.91 Å². The monoisotopic (exact) mass is 431 g/mol. The summed E-state index contributed by atoms with van der Waals surface area (Å²) < 4.78 is 28.3. The van der Waals surface area contributed by atoms with Gasteiger partial charge in [0, 0.05) is 18.2 Å². The maximum Gasteiger partial charge on any atom is 0.251 e. The molecule has 0 radical (unpaired) electrons. The lowest BCUT2D eigenvalue weighted by atomic mass is 10.0. The van der Waals surface area contributed by atoms with Gasteiger partial charge in [-0.25, -0.2) is 8.42 Å². The summed E-state index contributed by atoms with van der Waals surface area (Å²) in [6.45, 7) is 5.52. The molecule has 162 valence electrons. The molecule has 0 aliphatic rings. The van der Waals surface area contributed by atoms with E-state index in [1.165, 1.54) is 31.3 Å². The quantitative estimate of drug-likeness (QED) is 0.596. The van der Waals surface area contributed by atoms with Crippen LogP contribution in [-0.2, 0) is 21.2 Å². The van der Waals surface area contributed by atoms with Crippen molar-refractivity contribution < 1.29 is 18.0 Å². The van der Waals surface area contributed by atoms with Gasteiger partial charge in [-0.1, -0.05) is 30.3 Å². The van der Waals surface area contributed by atoms with Gasteiger partial charge >= 0.3 is 0 Å². The molecule has 1 unspecified atom stereocenters. The van der Waals surface area contributed by atoms with Crippen molar-refractivity contribution in [2.75, 3.05) is 7.05 Å². The zero-order valence-corrected chi connectivity index (χ0v) is 18.5. The number of nitrogens with one attached hydrogen (secondary N) is 3. The number of carbonyl (C=O) groups excluding carboxylic acids is 2. The molecule has 0 saturated carbocycles. The second kappa shape index (κ2) is 9.86. The van der Waals surface area contributed by atoms with Crippen LogP contribution in [0.3, 0.4) is 0 Å². The fourth-order valence-electron chi connectivity index (χ4n) is 2.84. The summed E-state index contributed by atoms with van der Waals surface area (Å²) in [5, 5.41) is 5.33. The van der Waals surface area contributed by atoms with Crippen LogP contribution in [-0.4, -0.2) is 38.9 Å². The lowest BCUT2D eigenvalue weighted by Crippen LogP contribution is -2.52. The molecule has 30 heavy (non-hydrogen) atoms. The lowest BCUT2D eigenvalue weighted by Gasteiger charge is -2.25. The molecule has 8 heteroatoms. The third-order valence-corrected chi connectivity index (χ3v) is 5.82. The van der Waals surface area contributed by atoms with E-state index in [2.05, 4.69) is 15.4 Å². The van der Waals surface area contributed by atoms with Crippen LogP contribution in [0.1, 0.15) is 43.1 Å². The molecular formula is C22H29N3O4S. The molecule has 0 aromatic heterocycles. The number of rotatable bonds is 8. The second-order valence-corrected chi connectivity index (χ2v) is 9.75. The van der Waals surface area contributed by atoms with Gasteiger partial charge in [0.15, 0.2) is 0 Å². The van der Waals surface area contributed by atoms with Crippen LogP contribution in [0.5, 0.6) is 0 Å². The van der Waals surface area contributed by atoms with Gasteiger partial charge in [-0.2, -0.15) is 4.72 Å². The van der Waals surface area contributed by atoms with E-state index in [0.717, 1.165) is 5.56 Å². The molecule has 2 aromatic rings. The molecule has 7 nitrogen and oxygen atoms in total. The van der Waals surface area contributed by atoms with E-state index in [4.69, 9.17) is 0 Å². The number of sulfonamides is 1. The Morgan fingerprint density at radius 1 is 0.967 bits per heavy atom. The summed E-state index contributed by atoms with van der Waals surface area (Å²) >= 11 is 0. The fraction of sp³-hybridized carbons (Fsp3) is 0.364. The molecule has 0 saturated heterocycles. The van der Waals surface area contributed by atoms with Crippen LogP contribution in [0.4, 0.5) is 0 Å². The summed E-state index contributed by atoms with van der Waals surface area (Å²) in [6, 6.07) is 14.2. The van der Waals surface area contributed by atoms with Crippen molar-refractivity contribution in [2.24, 2.45) is 0 Å². The van der Waals surface area contributed by atoms with E-state index in [1.807, 2.05) is 51.1 Å². The van der Waals surface area contributed by atoms with Crippen LogP contribution in [0.2, 0.25) is 0 Å². The predicted octanol–water partition coefficient (Wildman–Crippen LogP) is 2.24. The highest BCUT2D eigenvalue weighted by Gasteiger charge is 2.28. The van der Waals surface area contributed by atoms with E-state index < -0.39 is 21.6 Å². The first-order chi connectivity index (χ1) is 14.0. The zero-order chi connectivity index (χ0) is 22.4. The van der Waals surface area contributed by atoms with E-state index in [-0.39, 0.29) is 16.7 Å². The SMILES string of the molecule is CNC(=O)c1ccc(S(=O)(=O)NC(CCc2ccccc2)C(=O)NC(C)(C)C)cc1. The van der Waals surface area contributed by atoms with Gasteiger partial charge in [-0.3, -0.25) is 9.59 Å². The van der Waals surface area contributed by atoms with Crippen LogP contribution in [0.25, 0.3) is 0 Å². The van der Waals surface area contributed by atoms with Gasteiger partial charge in [0.1, 0.15) is 6.04 Å². The molecule has 2 aromatic carbocycles. The van der Waals surface area contributed by atoms with Crippen molar-refractivity contribution in [3.05, 3.63) is 65.7 Å². The maximum atomic E-state index is 12.9. The Hall–Kier alpha value is -2.71. The summed E-state index contributed by atoms with van der Waals surface area (Å²) in [5.41, 5.74) is 0.866. The first-order valence-electron chi connectivity index (χ1n) is 9.72. The van der Waals surface area contributed by atoms with E-state index >= 15 is 0 Å². The third kappa shape index (κ3) is 6.96. The molecule has 2 rings (SSSR count). The third-order valence-electron chi connectivity index (χ3n) is 4.33. The van der Waals surface area contributed by atoms with Gasteiger partial charge in [-0.15, -0.1) is 0 Å². The number of hydrogen-bond donors (Lipinski definition) is 3. The van der Waals surface area contributed by atoms with Crippen LogP contribution in [0.15, 0.2) is 59.5 Å². The van der Waals surface area contributed by atoms with Crippen molar-refractivity contribution in [1.82, 2.24) is 15.4 Å². The van der Waals surface area contributed by atoms with Gasteiger partial charge in [-0.05, 0) is 63.4 Å². The van der Waals surface area contributed by atoms with Crippen molar-refractivity contribution in [3.8, 4) is 0 Å². The Morgan fingerprint density at radius 3 is 2.10 bits per heavy atom. The lowest BCUT2D eigenvalue weighted by molar-refractivity contribution is -0.124. The molecule has 0 aliphatic heterocycles. The largest absolute Gasteiger partial charge is 0.355 e. The number of amides is 2. The van der Waals surface area contributed by atoms with Crippen molar-refractivity contribution in [1.29, 1.82) is 0 Å². The minimum absolute atomic E-state index is 0.0107. The highest BCUT2D eigenvalue weighted by molar-refractivity contribution is 7.89. The molecule has 2 amide bonds. The fourth-order valence-corrected chi connectivity index (χ4v) is 4.07. The van der Waals surface area contributed by atoms with Crippen LogP contribution < -0.4 is 15.4 Å². The Morgan fingerprint density at radius 2 is 1.57 bits per heavy atom. The van der Waals surface area contributed by atoms with Gasteiger partial charge in [0.2, 0.25) is 15.9 Å².